The highest BCUT2D eigenvalue weighted by Gasteiger charge is 2.34. The molecule has 0 bridgehead atoms. The maximum absolute atomic E-state index is 13.4. The average molecular weight is 404 g/mol. The van der Waals surface area contributed by atoms with Crippen LogP contribution in [0.4, 0.5) is 5.69 Å². The average Bonchev–Trinajstić information content (AvgIpc) is 3.17. The number of Topliss-reactive ketones (excluding diaryl/α,β-unsaturated/α-hetero) is 1. The summed E-state index contributed by atoms with van der Waals surface area (Å²) >= 11 is 0. The lowest BCUT2D eigenvalue weighted by Gasteiger charge is -2.32. The number of aromatic nitrogens is 3. The third-order valence-electron chi connectivity index (χ3n) is 5.61. The van der Waals surface area contributed by atoms with Crippen molar-refractivity contribution >= 4 is 17.4 Å². The molecule has 1 atom stereocenters. The highest BCUT2D eigenvalue weighted by atomic mass is 16.5. The first kappa shape index (κ1) is 19.8. The first-order chi connectivity index (χ1) is 14.4. The number of hydrogen-bond donors (Lipinski definition) is 0. The number of nitrogens with zero attached hydrogens (tertiary/aromatic N) is 4. The third kappa shape index (κ3) is 3.47. The van der Waals surface area contributed by atoms with Gasteiger partial charge in [-0.05, 0) is 50.1 Å². The SMILES string of the molecule is COc1cncc(C(=O)Cc2cnn3c2C(=O)N(c2ccc(C)c(C)c2)C[C@@H]3C)c1. The molecule has 0 N–H and O–H groups in total. The van der Waals surface area contributed by atoms with E-state index in [2.05, 4.69) is 10.1 Å². The quantitative estimate of drug-likeness (QED) is 0.608. The van der Waals surface area contributed by atoms with Crippen molar-refractivity contribution in [1.82, 2.24) is 14.8 Å². The Labute approximate surface area is 175 Å². The van der Waals surface area contributed by atoms with E-state index in [1.54, 1.807) is 28.0 Å². The van der Waals surface area contributed by atoms with Crippen LogP contribution < -0.4 is 9.64 Å². The van der Waals surface area contributed by atoms with Crippen LogP contribution in [0.5, 0.6) is 5.75 Å². The van der Waals surface area contributed by atoms with E-state index in [9.17, 15) is 9.59 Å². The van der Waals surface area contributed by atoms with Gasteiger partial charge < -0.3 is 9.64 Å². The van der Waals surface area contributed by atoms with Gasteiger partial charge in [-0.2, -0.15) is 5.10 Å². The van der Waals surface area contributed by atoms with E-state index in [1.165, 1.54) is 18.9 Å². The molecule has 1 aliphatic rings. The van der Waals surface area contributed by atoms with Gasteiger partial charge in [0.2, 0.25) is 0 Å². The van der Waals surface area contributed by atoms with Crippen molar-refractivity contribution in [3.63, 3.8) is 0 Å². The van der Waals surface area contributed by atoms with Crippen molar-refractivity contribution < 1.29 is 14.3 Å². The van der Waals surface area contributed by atoms with Gasteiger partial charge in [0.15, 0.2) is 5.78 Å². The molecule has 0 fully saturated rings. The van der Waals surface area contributed by atoms with E-state index in [-0.39, 0.29) is 24.2 Å². The number of methoxy groups -OCH3 is 1. The molecule has 0 unspecified atom stereocenters. The van der Waals surface area contributed by atoms with Crippen LogP contribution in [0.1, 0.15) is 50.5 Å². The molecule has 0 saturated heterocycles. The number of pyridine rings is 1. The minimum Gasteiger partial charge on any atom is -0.495 e. The monoisotopic (exact) mass is 404 g/mol. The molecule has 1 amide bonds. The number of anilines is 1. The molecule has 7 nitrogen and oxygen atoms in total. The number of carbonyl (C=O) groups is 2. The van der Waals surface area contributed by atoms with E-state index in [0.717, 1.165) is 11.3 Å². The fourth-order valence-corrected chi connectivity index (χ4v) is 3.72. The molecule has 154 valence electrons. The van der Waals surface area contributed by atoms with Crippen molar-refractivity contribution in [1.29, 1.82) is 0 Å². The Hall–Kier alpha value is -3.48. The third-order valence-corrected chi connectivity index (χ3v) is 5.61. The normalized spacial score (nSPS) is 15.8. The molecule has 0 saturated carbocycles. The Bertz CT molecular complexity index is 1140. The Morgan fingerprint density at radius 1 is 1.17 bits per heavy atom. The topological polar surface area (TPSA) is 77.3 Å². The molecule has 0 radical (unpaired) electrons. The fraction of sp³-hybridized carbons (Fsp3) is 0.304. The van der Waals surface area contributed by atoms with Gasteiger partial charge in [-0.1, -0.05) is 6.07 Å². The lowest BCUT2D eigenvalue weighted by atomic mass is 10.0. The highest BCUT2D eigenvalue weighted by Crippen LogP contribution is 2.29. The number of carbonyl (C=O) groups excluding carboxylic acids is 2. The van der Waals surface area contributed by atoms with E-state index in [4.69, 9.17) is 4.74 Å². The maximum atomic E-state index is 13.4. The van der Waals surface area contributed by atoms with Crippen LogP contribution in [0.15, 0.2) is 42.9 Å². The Morgan fingerprint density at radius 2 is 1.97 bits per heavy atom. The van der Waals surface area contributed by atoms with Crippen LogP contribution in [0.25, 0.3) is 0 Å². The van der Waals surface area contributed by atoms with Gasteiger partial charge >= 0.3 is 0 Å². The number of ketones is 1. The summed E-state index contributed by atoms with van der Waals surface area (Å²) in [5, 5.41) is 4.41. The maximum Gasteiger partial charge on any atom is 0.276 e. The van der Waals surface area contributed by atoms with Gasteiger partial charge in [0.25, 0.3) is 5.91 Å². The zero-order chi connectivity index (χ0) is 21.4. The second kappa shape index (κ2) is 7.74. The van der Waals surface area contributed by atoms with Crippen molar-refractivity contribution in [3.8, 4) is 5.75 Å². The number of ether oxygens (including phenoxy) is 1. The number of amides is 1. The lowest BCUT2D eigenvalue weighted by Crippen LogP contribution is -2.43. The van der Waals surface area contributed by atoms with Crippen LogP contribution in [-0.4, -0.2) is 40.1 Å². The van der Waals surface area contributed by atoms with E-state index in [0.29, 0.717) is 29.1 Å². The predicted octanol–water partition coefficient (Wildman–Crippen LogP) is 3.55. The summed E-state index contributed by atoms with van der Waals surface area (Å²) in [7, 11) is 1.53. The fourth-order valence-electron chi connectivity index (χ4n) is 3.72. The van der Waals surface area contributed by atoms with Crippen LogP contribution in [0.2, 0.25) is 0 Å². The molecule has 2 aromatic heterocycles. The second-order valence-electron chi connectivity index (χ2n) is 7.71. The van der Waals surface area contributed by atoms with E-state index in [1.807, 2.05) is 39.0 Å². The molecule has 1 aliphatic heterocycles. The Kier molecular flexibility index (Phi) is 5.11. The Morgan fingerprint density at radius 3 is 2.70 bits per heavy atom. The summed E-state index contributed by atoms with van der Waals surface area (Å²) in [6.45, 7) is 6.64. The van der Waals surface area contributed by atoms with E-state index >= 15 is 0 Å². The van der Waals surface area contributed by atoms with Crippen LogP contribution in [0.3, 0.4) is 0 Å². The second-order valence-corrected chi connectivity index (χ2v) is 7.71. The molecule has 0 spiro atoms. The van der Waals surface area contributed by atoms with Crippen molar-refractivity contribution in [2.75, 3.05) is 18.6 Å². The molecule has 3 heterocycles. The lowest BCUT2D eigenvalue weighted by molar-refractivity contribution is 0.0951. The number of hydrogen-bond acceptors (Lipinski definition) is 5. The summed E-state index contributed by atoms with van der Waals surface area (Å²) in [5.74, 6) is 0.241. The van der Waals surface area contributed by atoms with Gasteiger partial charge in [-0.15, -0.1) is 0 Å². The van der Waals surface area contributed by atoms with Crippen LogP contribution in [0, 0.1) is 13.8 Å². The molecule has 7 heteroatoms. The summed E-state index contributed by atoms with van der Waals surface area (Å²) in [6, 6.07) is 7.66. The Balaban J connectivity index is 1.66. The van der Waals surface area contributed by atoms with Gasteiger partial charge in [0, 0.05) is 36.0 Å². The van der Waals surface area contributed by atoms with Crippen LogP contribution >= 0.6 is 0 Å². The molecular formula is C23H24N4O3. The van der Waals surface area contributed by atoms with Gasteiger partial charge in [0.1, 0.15) is 11.4 Å². The van der Waals surface area contributed by atoms with E-state index < -0.39 is 0 Å². The first-order valence-corrected chi connectivity index (χ1v) is 9.86. The summed E-state index contributed by atoms with van der Waals surface area (Å²) in [5.41, 5.74) is 4.70. The molecule has 4 rings (SSSR count). The van der Waals surface area contributed by atoms with Gasteiger partial charge in [0.05, 0.1) is 25.5 Å². The molecular weight excluding hydrogens is 380 g/mol. The van der Waals surface area contributed by atoms with Gasteiger partial charge in [-0.25, -0.2) is 0 Å². The highest BCUT2D eigenvalue weighted by molar-refractivity contribution is 6.08. The molecule has 1 aromatic carbocycles. The largest absolute Gasteiger partial charge is 0.495 e. The zero-order valence-electron chi connectivity index (χ0n) is 17.5. The minimum absolute atomic E-state index is 0.00153. The number of rotatable bonds is 5. The smallest absolute Gasteiger partial charge is 0.276 e. The molecule has 3 aromatic rings. The number of aryl methyl sites for hydroxylation is 2. The van der Waals surface area contributed by atoms with Crippen molar-refractivity contribution in [2.45, 2.75) is 33.2 Å². The number of fused-ring (bicyclic) bond motifs is 1. The zero-order valence-corrected chi connectivity index (χ0v) is 17.5. The standard InChI is InChI=1S/C23H24N4O3/c1-14-5-6-19(7-15(14)2)26-13-16(3)27-22(23(26)29)18(11-25-27)9-21(28)17-8-20(30-4)12-24-10-17/h5-8,10-12,16H,9,13H2,1-4H3/t16-/m0/s1. The minimum atomic E-state index is -0.138. The summed E-state index contributed by atoms with van der Waals surface area (Å²) < 4.78 is 6.88. The van der Waals surface area contributed by atoms with Crippen molar-refractivity contribution in [3.05, 3.63) is 70.8 Å². The number of benzene rings is 1. The van der Waals surface area contributed by atoms with Gasteiger partial charge in [-0.3, -0.25) is 19.3 Å². The molecule has 30 heavy (non-hydrogen) atoms. The first-order valence-electron chi connectivity index (χ1n) is 9.86. The summed E-state index contributed by atoms with van der Waals surface area (Å²) in [6.07, 6.45) is 4.75. The predicted molar refractivity (Wildman–Crippen MR) is 113 cm³/mol. The van der Waals surface area contributed by atoms with Crippen LogP contribution in [-0.2, 0) is 6.42 Å². The molecule has 0 aliphatic carbocycles. The summed E-state index contributed by atoms with van der Waals surface area (Å²) in [4.78, 5) is 32.0. The van der Waals surface area contributed by atoms with Crippen molar-refractivity contribution in [2.24, 2.45) is 0 Å².